The molecule has 3 heterocycles. The molecular weight excluding hydrogens is 536 g/mol. The van der Waals surface area contributed by atoms with Gasteiger partial charge in [0.2, 0.25) is 5.88 Å². The lowest BCUT2D eigenvalue weighted by atomic mass is 9.92. The van der Waals surface area contributed by atoms with Crippen molar-refractivity contribution in [3.8, 4) is 23.0 Å². The highest BCUT2D eigenvalue weighted by molar-refractivity contribution is 7.98. The smallest absolute Gasteiger partial charge is 0.270 e. The number of hydrogen-bond donors (Lipinski definition) is 4. The number of aromatic amines is 1. The second-order valence-electron chi connectivity index (χ2n) is 10.1. The number of H-pyrrole nitrogens is 1. The molecule has 0 amide bonds. The number of thioether (sulfide) groups is 1. The molecule has 2 aromatic carbocycles. The topological polar surface area (TPSA) is 166 Å². The van der Waals surface area contributed by atoms with E-state index < -0.39 is 0 Å². The second-order valence-corrected chi connectivity index (χ2v) is 10.9. The Kier molecular flexibility index (Phi) is 7.83. The first-order valence-corrected chi connectivity index (χ1v) is 14.0. The van der Waals surface area contributed by atoms with Crippen LogP contribution in [0.5, 0.6) is 11.6 Å². The van der Waals surface area contributed by atoms with Gasteiger partial charge in [0.25, 0.3) is 5.95 Å². The highest BCUT2D eigenvalue weighted by Crippen LogP contribution is 2.27. The van der Waals surface area contributed by atoms with Gasteiger partial charge < -0.3 is 21.5 Å². The van der Waals surface area contributed by atoms with Crippen molar-refractivity contribution in [1.29, 1.82) is 0 Å². The number of nitrogen functional groups attached to an aromatic ring is 1. The molecule has 0 fully saturated rings. The third kappa shape index (κ3) is 6.97. The van der Waals surface area contributed by atoms with Gasteiger partial charge in [-0.2, -0.15) is 15.0 Å². The third-order valence-corrected chi connectivity index (χ3v) is 6.51. The van der Waals surface area contributed by atoms with E-state index in [0.29, 0.717) is 40.0 Å². The normalized spacial score (nSPS) is 12.5. The number of rotatable bonds is 7. The molecule has 0 bridgehead atoms. The molecule has 5 aromatic rings. The number of allylic oxidation sites excluding steroid dienone is 1. The molecule has 0 aliphatic rings. The van der Waals surface area contributed by atoms with Crippen LogP contribution in [0, 0.1) is 5.41 Å². The van der Waals surface area contributed by atoms with Gasteiger partial charge in [0, 0.05) is 46.1 Å². The summed E-state index contributed by atoms with van der Waals surface area (Å²) < 4.78 is 5.85. The summed E-state index contributed by atoms with van der Waals surface area (Å²) in [6.07, 6.45) is 5.44. The van der Waals surface area contributed by atoms with Crippen molar-refractivity contribution in [1.82, 2.24) is 30.1 Å². The summed E-state index contributed by atoms with van der Waals surface area (Å²) in [5.41, 5.74) is 15.1. The molecule has 0 saturated carbocycles. The lowest BCUT2D eigenvalue weighted by Gasteiger charge is -2.19. The molecule has 41 heavy (non-hydrogen) atoms. The van der Waals surface area contributed by atoms with Gasteiger partial charge in [-0.25, -0.2) is 4.98 Å². The quantitative estimate of drug-likeness (QED) is 0.0801. The first-order valence-electron chi connectivity index (χ1n) is 12.7. The lowest BCUT2D eigenvalue weighted by molar-refractivity contribution is 0.456. The van der Waals surface area contributed by atoms with Crippen molar-refractivity contribution in [2.75, 3.05) is 17.3 Å². The van der Waals surface area contributed by atoms with E-state index in [0.717, 1.165) is 22.2 Å². The molecule has 0 saturated heterocycles. The number of amidine groups is 1. The van der Waals surface area contributed by atoms with E-state index in [1.54, 1.807) is 18.3 Å². The standard InChI is InChI=1S/C29H30N10OS/c1-29(2,3)22(30)15-24(33-19-10-7-17-6-5-13-32-21(17)14-19)35-27-37-26(38-39-27)18-8-11-20(12-9-18)40-25-16-23(31)34-28(36-25)41-4/h5-16H,30H2,1-4H3,(H2,31,34,36)(H2,33,35,37,38,39). The Balaban J connectivity index is 1.38. The van der Waals surface area contributed by atoms with Gasteiger partial charge in [-0.15, -0.1) is 5.10 Å². The molecule has 0 spiro atoms. The summed E-state index contributed by atoms with van der Waals surface area (Å²) >= 11 is 1.39. The molecule has 12 heteroatoms. The first kappa shape index (κ1) is 27.6. The maximum absolute atomic E-state index is 6.39. The summed E-state index contributed by atoms with van der Waals surface area (Å²) in [5.74, 6) is 2.60. The largest absolute Gasteiger partial charge is 0.439 e. The summed E-state index contributed by atoms with van der Waals surface area (Å²) in [4.78, 5) is 22.1. The fraction of sp³-hybridized carbons (Fsp3) is 0.172. The zero-order chi connectivity index (χ0) is 29.0. The van der Waals surface area contributed by atoms with E-state index in [1.165, 1.54) is 11.8 Å². The van der Waals surface area contributed by atoms with Crippen LogP contribution in [0.3, 0.4) is 0 Å². The number of nitrogens with zero attached hydrogens (tertiary/aromatic N) is 6. The van der Waals surface area contributed by atoms with Crippen molar-refractivity contribution < 1.29 is 4.74 Å². The molecule has 0 unspecified atom stereocenters. The molecule has 0 radical (unpaired) electrons. The zero-order valence-corrected chi connectivity index (χ0v) is 23.9. The average molecular weight is 567 g/mol. The Bertz CT molecular complexity index is 1740. The van der Waals surface area contributed by atoms with E-state index in [9.17, 15) is 0 Å². The molecule has 5 rings (SSSR count). The zero-order valence-electron chi connectivity index (χ0n) is 23.1. The maximum Gasteiger partial charge on any atom is 0.270 e. The molecule has 3 aromatic heterocycles. The second kappa shape index (κ2) is 11.6. The predicted molar refractivity (Wildman–Crippen MR) is 164 cm³/mol. The van der Waals surface area contributed by atoms with Crippen LogP contribution in [0.2, 0.25) is 0 Å². The molecule has 6 N–H and O–H groups in total. The number of pyridine rings is 1. The molecule has 0 aliphatic carbocycles. The predicted octanol–water partition coefficient (Wildman–Crippen LogP) is 5.94. The van der Waals surface area contributed by atoms with Gasteiger partial charge in [-0.1, -0.05) is 44.7 Å². The fourth-order valence-electron chi connectivity index (χ4n) is 3.66. The van der Waals surface area contributed by atoms with Crippen LogP contribution in [0.25, 0.3) is 22.3 Å². The van der Waals surface area contributed by atoms with Gasteiger partial charge in [0.05, 0.1) is 5.52 Å². The van der Waals surface area contributed by atoms with Crippen LogP contribution in [0.15, 0.2) is 88.8 Å². The summed E-state index contributed by atoms with van der Waals surface area (Å²) in [7, 11) is 0. The number of fused-ring (bicyclic) bond motifs is 1. The lowest BCUT2D eigenvalue weighted by Crippen LogP contribution is -2.20. The number of ether oxygens (including phenoxy) is 1. The summed E-state index contributed by atoms with van der Waals surface area (Å²) in [6.45, 7) is 6.11. The number of aliphatic imine (C=N–C) groups is 1. The molecule has 0 aliphatic heterocycles. The van der Waals surface area contributed by atoms with Crippen LogP contribution in [0.4, 0.5) is 17.5 Å². The van der Waals surface area contributed by atoms with E-state index in [2.05, 4.69) is 40.4 Å². The van der Waals surface area contributed by atoms with Crippen molar-refractivity contribution in [2.45, 2.75) is 25.9 Å². The number of nitrogens with two attached hydrogens (primary N) is 2. The SMILES string of the molecule is CSc1nc(N)cc(Oc2ccc(-c3nc(N=C(C=C(N)C(C)(C)C)Nc4ccc5cccnc5c4)n[nH]3)cc2)n1. The third-order valence-electron chi connectivity index (χ3n) is 5.97. The Morgan fingerprint density at radius 1 is 1.05 bits per heavy atom. The summed E-state index contributed by atoms with van der Waals surface area (Å²) in [6, 6.07) is 18.8. The number of nitrogens with one attached hydrogen (secondary N) is 2. The Hall–Kier alpha value is -4.97. The van der Waals surface area contributed by atoms with Gasteiger partial charge in [0.15, 0.2) is 11.0 Å². The monoisotopic (exact) mass is 566 g/mol. The number of anilines is 2. The fourth-order valence-corrected chi connectivity index (χ4v) is 4.04. The van der Waals surface area contributed by atoms with E-state index in [4.69, 9.17) is 16.2 Å². The van der Waals surface area contributed by atoms with Crippen LogP contribution in [0.1, 0.15) is 20.8 Å². The molecule has 208 valence electrons. The van der Waals surface area contributed by atoms with Gasteiger partial charge in [-0.05, 0) is 48.7 Å². The van der Waals surface area contributed by atoms with Crippen molar-refractivity contribution >= 4 is 46.0 Å². The van der Waals surface area contributed by atoms with E-state index in [1.807, 2.05) is 81.6 Å². The molecule has 11 nitrogen and oxygen atoms in total. The van der Waals surface area contributed by atoms with Crippen molar-refractivity contribution in [3.05, 3.63) is 78.6 Å². The number of hydrogen-bond acceptors (Lipinski definition) is 10. The van der Waals surface area contributed by atoms with Crippen LogP contribution in [-0.2, 0) is 0 Å². The minimum atomic E-state index is -0.254. The van der Waals surface area contributed by atoms with Gasteiger partial charge in [0.1, 0.15) is 17.4 Å². The highest BCUT2D eigenvalue weighted by atomic mass is 32.2. The van der Waals surface area contributed by atoms with Crippen LogP contribution >= 0.6 is 11.8 Å². The first-order chi connectivity index (χ1) is 19.7. The molecule has 0 atom stereocenters. The summed E-state index contributed by atoms with van der Waals surface area (Å²) in [5, 5.41) is 12.2. The van der Waals surface area contributed by atoms with Gasteiger partial charge >= 0.3 is 0 Å². The van der Waals surface area contributed by atoms with Gasteiger partial charge in [-0.3, -0.25) is 10.1 Å². The highest BCUT2D eigenvalue weighted by Gasteiger charge is 2.15. The minimum Gasteiger partial charge on any atom is -0.439 e. The molecular formula is C29H30N10OS. The average Bonchev–Trinajstić information content (AvgIpc) is 3.41. The van der Waals surface area contributed by atoms with Crippen molar-refractivity contribution in [2.24, 2.45) is 16.1 Å². The maximum atomic E-state index is 6.39. The Morgan fingerprint density at radius 3 is 2.61 bits per heavy atom. The minimum absolute atomic E-state index is 0.251. The van der Waals surface area contributed by atoms with Crippen molar-refractivity contribution in [3.63, 3.8) is 0 Å². The van der Waals surface area contributed by atoms with Crippen LogP contribution < -0.4 is 21.5 Å². The van der Waals surface area contributed by atoms with E-state index >= 15 is 0 Å². The number of aromatic nitrogens is 6. The Morgan fingerprint density at radius 2 is 1.85 bits per heavy atom. The Labute approximate surface area is 241 Å². The van der Waals surface area contributed by atoms with E-state index in [-0.39, 0.29) is 11.4 Å². The number of benzene rings is 2. The van der Waals surface area contributed by atoms with Crippen LogP contribution in [-0.4, -0.2) is 42.2 Å².